The molecule has 1 aliphatic rings. The summed E-state index contributed by atoms with van der Waals surface area (Å²) in [6.45, 7) is 6.56. The summed E-state index contributed by atoms with van der Waals surface area (Å²) < 4.78 is 22.9. The minimum absolute atomic E-state index is 0.0114. The molecular weight excluding hydrogens is 491 g/mol. The second-order valence-electron chi connectivity index (χ2n) is 10.4. The minimum Gasteiger partial charge on any atom is -0.456 e. The maximum atomic E-state index is 15.6. The van der Waals surface area contributed by atoms with Gasteiger partial charge in [0.15, 0.2) is 11.5 Å². The van der Waals surface area contributed by atoms with Gasteiger partial charge < -0.3 is 4.74 Å². The average molecular weight is 523 g/mol. The lowest BCUT2D eigenvalue weighted by Crippen LogP contribution is -2.16. The highest BCUT2D eigenvalue weighted by Crippen LogP contribution is 2.35. The number of halogens is 2. The van der Waals surface area contributed by atoms with Crippen LogP contribution in [0.2, 0.25) is 24.7 Å². The maximum absolute atomic E-state index is 15.6. The molecule has 4 rings (SSSR count). The van der Waals surface area contributed by atoms with Crippen molar-refractivity contribution in [1.82, 2.24) is 9.55 Å². The molecule has 0 bridgehead atoms. The molecule has 1 aliphatic carbocycles. The van der Waals surface area contributed by atoms with E-state index in [1.807, 2.05) is 30.3 Å². The Kier molecular flexibility index (Phi) is 8.33. The number of aromatic nitrogens is 2. The highest BCUT2D eigenvalue weighted by atomic mass is 35.5. The van der Waals surface area contributed by atoms with E-state index in [1.165, 1.54) is 18.9 Å². The van der Waals surface area contributed by atoms with Crippen LogP contribution in [-0.4, -0.2) is 23.6 Å². The Hall–Kier alpha value is -2.88. The Balaban J connectivity index is 1.78. The second-order valence-corrected chi connectivity index (χ2v) is 15.5. The van der Waals surface area contributed by atoms with Crippen molar-refractivity contribution in [2.75, 3.05) is 0 Å². The molecule has 4 nitrogen and oxygen atoms in total. The van der Waals surface area contributed by atoms with Crippen LogP contribution >= 0.6 is 11.6 Å². The summed E-state index contributed by atoms with van der Waals surface area (Å²) in [5.41, 5.74) is 5.16. The highest BCUT2D eigenvalue weighted by molar-refractivity contribution is 6.83. The highest BCUT2D eigenvalue weighted by Gasteiger charge is 2.27. The molecule has 2 aromatic carbocycles. The molecule has 188 valence electrons. The SMILES string of the molecule is C[Si](C)(C)C#Cc1ccc(Cl)c(F)c1-n1cc(C(=O)OCc2ccccc2)nc1C1CCCCCC1. The molecule has 36 heavy (non-hydrogen) atoms. The van der Waals surface area contributed by atoms with Gasteiger partial charge in [-0.05, 0) is 30.5 Å². The minimum atomic E-state index is -1.72. The normalized spacial score (nSPS) is 14.6. The van der Waals surface area contributed by atoms with Crippen LogP contribution in [0.15, 0.2) is 48.7 Å². The zero-order valence-electron chi connectivity index (χ0n) is 21.1. The van der Waals surface area contributed by atoms with Crippen molar-refractivity contribution in [3.8, 4) is 17.2 Å². The van der Waals surface area contributed by atoms with E-state index in [9.17, 15) is 4.79 Å². The van der Waals surface area contributed by atoms with Crippen LogP contribution < -0.4 is 0 Å². The molecule has 0 atom stereocenters. The quantitative estimate of drug-likeness (QED) is 0.149. The van der Waals surface area contributed by atoms with E-state index in [-0.39, 0.29) is 28.9 Å². The number of esters is 1. The van der Waals surface area contributed by atoms with Crippen molar-refractivity contribution in [1.29, 1.82) is 0 Å². The van der Waals surface area contributed by atoms with Gasteiger partial charge in [0.25, 0.3) is 0 Å². The Bertz CT molecular complexity index is 1280. The van der Waals surface area contributed by atoms with Gasteiger partial charge in [-0.15, -0.1) is 5.54 Å². The first kappa shape index (κ1) is 26.2. The van der Waals surface area contributed by atoms with Crippen LogP contribution in [0.4, 0.5) is 4.39 Å². The molecule has 0 aliphatic heterocycles. The van der Waals surface area contributed by atoms with Gasteiger partial charge in [0.05, 0.1) is 16.3 Å². The van der Waals surface area contributed by atoms with Crippen molar-refractivity contribution in [3.05, 3.63) is 82.1 Å². The fourth-order valence-corrected chi connectivity index (χ4v) is 5.09. The van der Waals surface area contributed by atoms with Gasteiger partial charge in [-0.1, -0.05) is 93.2 Å². The number of imidazole rings is 1. The van der Waals surface area contributed by atoms with E-state index >= 15 is 4.39 Å². The number of carbonyl (C=O) groups is 1. The summed E-state index contributed by atoms with van der Waals surface area (Å²) >= 11 is 6.24. The fourth-order valence-electron chi connectivity index (χ4n) is 4.43. The number of carbonyl (C=O) groups excluding carboxylic acids is 1. The zero-order chi connectivity index (χ0) is 25.7. The first-order valence-electron chi connectivity index (χ1n) is 12.5. The molecule has 0 unspecified atom stereocenters. The van der Waals surface area contributed by atoms with Gasteiger partial charge in [-0.2, -0.15) is 0 Å². The Morgan fingerprint density at radius 3 is 2.47 bits per heavy atom. The summed E-state index contributed by atoms with van der Waals surface area (Å²) in [6, 6.07) is 12.8. The Labute approximate surface area is 218 Å². The number of hydrogen-bond acceptors (Lipinski definition) is 3. The lowest BCUT2D eigenvalue weighted by atomic mass is 9.99. The zero-order valence-corrected chi connectivity index (χ0v) is 22.9. The predicted octanol–water partition coefficient (Wildman–Crippen LogP) is 7.69. The molecule has 1 saturated carbocycles. The number of nitrogens with zero attached hydrogens (tertiary/aromatic N) is 2. The van der Waals surface area contributed by atoms with E-state index in [0.717, 1.165) is 31.2 Å². The first-order valence-corrected chi connectivity index (χ1v) is 16.4. The van der Waals surface area contributed by atoms with E-state index in [2.05, 4.69) is 31.1 Å². The Morgan fingerprint density at radius 1 is 1.11 bits per heavy atom. The number of benzene rings is 2. The topological polar surface area (TPSA) is 44.1 Å². The molecule has 1 aromatic heterocycles. The van der Waals surface area contributed by atoms with Gasteiger partial charge in [-0.3, -0.25) is 4.57 Å². The third kappa shape index (κ3) is 6.46. The van der Waals surface area contributed by atoms with Crippen molar-refractivity contribution in [2.24, 2.45) is 0 Å². The number of rotatable bonds is 5. The average Bonchev–Trinajstić information content (AvgIpc) is 3.10. The van der Waals surface area contributed by atoms with Gasteiger partial charge in [-0.25, -0.2) is 14.2 Å². The Morgan fingerprint density at radius 2 is 1.81 bits per heavy atom. The maximum Gasteiger partial charge on any atom is 0.358 e. The molecule has 0 saturated heterocycles. The first-order chi connectivity index (χ1) is 17.2. The van der Waals surface area contributed by atoms with Crippen molar-refractivity contribution >= 4 is 25.6 Å². The molecule has 3 aromatic rings. The van der Waals surface area contributed by atoms with Crippen LogP contribution in [0, 0.1) is 17.3 Å². The van der Waals surface area contributed by atoms with Crippen molar-refractivity contribution < 1.29 is 13.9 Å². The van der Waals surface area contributed by atoms with Gasteiger partial charge >= 0.3 is 5.97 Å². The van der Waals surface area contributed by atoms with Crippen LogP contribution in [0.5, 0.6) is 0 Å². The molecule has 1 fully saturated rings. The summed E-state index contributed by atoms with van der Waals surface area (Å²) in [6.07, 6.45) is 7.95. The van der Waals surface area contributed by atoms with Crippen LogP contribution in [-0.2, 0) is 11.3 Å². The van der Waals surface area contributed by atoms with Gasteiger partial charge in [0, 0.05) is 12.1 Å². The lowest BCUT2D eigenvalue weighted by molar-refractivity contribution is 0.0466. The standard InChI is InChI=1S/C29H32ClFN2O2Si/c1-36(2,3)18-17-22-15-16-24(30)26(31)27(22)33-19-25(29(34)35-20-21-11-7-6-8-12-21)32-28(33)23-13-9-4-5-10-14-23/h6-8,11-12,15-16,19,23H,4-5,9-10,13-14,20H2,1-3H3. The second kappa shape index (κ2) is 11.4. The van der Waals surface area contributed by atoms with Crippen molar-refractivity contribution in [3.63, 3.8) is 0 Å². The fraction of sp³-hybridized carbons (Fsp3) is 0.379. The summed E-state index contributed by atoms with van der Waals surface area (Å²) in [4.78, 5) is 17.7. The molecule has 1 heterocycles. The summed E-state index contributed by atoms with van der Waals surface area (Å²) in [5.74, 6) is 2.88. The van der Waals surface area contributed by atoms with Crippen LogP contribution in [0.25, 0.3) is 5.69 Å². The van der Waals surface area contributed by atoms with E-state index in [4.69, 9.17) is 21.3 Å². The van der Waals surface area contributed by atoms with Gasteiger partial charge in [0.1, 0.15) is 20.5 Å². The molecule has 0 amide bonds. The monoisotopic (exact) mass is 522 g/mol. The summed E-state index contributed by atoms with van der Waals surface area (Å²) in [5, 5.41) is 0.0114. The molecule has 0 radical (unpaired) electrons. The van der Waals surface area contributed by atoms with E-state index < -0.39 is 19.9 Å². The number of hydrogen-bond donors (Lipinski definition) is 0. The third-order valence-corrected chi connectivity index (χ3v) is 7.42. The number of ether oxygens (including phenoxy) is 1. The third-order valence-electron chi connectivity index (χ3n) is 6.26. The molecule has 7 heteroatoms. The van der Waals surface area contributed by atoms with Gasteiger partial charge in [0.2, 0.25) is 0 Å². The lowest BCUT2D eigenvalue weighted by Gasteiger charge is -2.18. The smallest absolute Gasteiger partial charge is 0.358 e. The van der Waals surface area contributed by atoms with Crippen LogP contribution in [0.3, 0.4) is 0 Å². The van der Waals surface area contributed by atoms with Crippen LogP contribution in [0.1, 0.15) is 71.9 Å². The van der Waals surface area contributed by atoms with E-state index in [1.54, 1.807) is 16.8 Å². The molecular formula is C29H32ClFN2O2Si. The summed E-state index contributed by atoms with van der Waals surface area (Å²) in [7, 11) is -1.72. The van der Waals surface area contributed by atoms with Crippen molar-refractivity contribution in [2.45, 2.75) is 70.7 Å². The molecule has 0 N–H and O–H groups in total. The molecule has 0 spiro atoms. The predicted molar refractivity (Wildman–Crippen MR) is 145 cm³/mol. The van der Waals surface area contributed by atoms with E-state index in [0.29, 0.717) is 11.4 Å². The largest absolute Gasteiger partial charge is 0.456 e.